The lowest BCUT2D eigenvalue weighted by atomic mass is 9.85. The molecule has 3 rings (SSSR count). The molecule has 2 aliphatic carbocycles. The van der Waals surface area contributed by atoms with Crippen molar-refractivity contribution in [3.05, 3.63) is 48.0 Å². The van der Waals surface area contributed by atoms with Crippen molar-refractivity contribution in [2.24, 2.45) is 17.8 Å². The van der Waals surface area contributed by atoms with Crippen LogP contribution < -0.4 is 5.32 Å². The fraction of sp³-hybridized carbons (Fsp3) is 0.630. The van der Waals surface area contributed by atoms with Crippen molar-refractivity contribution in [1.82, 2.24) is 5.32 Å². The van der Waals surface area contributed by atoms with Crippen molar-refractivity contribution in [2.45, 2.75) is 83.2 Å². The van der Waals surface area contributed by atoms with Gasteiger partial charge in [0.15, 0.2) is 5.78 Å². The monoisotopic (exact) mass is 425 g/mol. The summed E-state index contributed by atoms with van der Waals surface area (Å²) in [5.41, 5.74) is 1.26. The van der Waals surface area contributed by atoms with Gasteiger partial charge in [0.05, 0.1) is 6.10 Å². The summed E-state index contributed by atoms with van der Waals surface area (Å²) in [6.45, 7) is 0.859. The van der Waals surface area contributed by atoms with Crippen LogP contribution in [0.1, 0.15) is 76.2 Å². The molecule has 0 aromatic heterocycles. The van der Waals surface area contributed by atoms with Crippen LogP contribution in [0.2, 0.25) is 0 Å². The molecule has 4 nitrogen and oxygen atoms in total. The van der Waals surface area contributed by atoms with Crippen LogP contribution in [0.15, 0.2) is 42.5 Å². The van der Waals surface area contributed by atoms with Crippen LogP contribution in [-0.4, -0.2) is 29.4 Å². The van der Waals surface area contributed by atoms with Crippen LogP contribution in [-0.2, 0) is 16.0 Å². The number of carbonyl (C=O) groups excluding carboxylic acids is 2. The van der Waals surface area contributed by atoms with Crippen LogP contribution in [0.4, 0.5) is 0 Å². The van der Waals surface area contributed by atoms with Crippen LogP contribution in [0.3, 0.4) is 0 Å². The number of allylic oxidation sites excluding steroid dienone is 2. The average Bonchev–Trinajstić information content (AvgIpc) is 3.55. The molecule has 0 heterocycles. The maximum Gasteiger partial charge on any atom is 0.220 e. The Bertz CT molecular complexity index is 710. The predicted molar refractivity (Wildman–Crippen MR) is 125 cm³/mol. The third-order valence-electron chi connectivity index (χ3n) is 6.79. The van der Waals surface area contributed by atoms with Gasteiger partial charge in [0.2, 0.25) is 5.91 Å². The number of hydrogen-bond donors (Lipinski definition) is 2. The molecule has 0 saturated heterocycles. The van der Waals surface area contributed by atoms with Crippen molar-refractivity contribution < 1.29 is 14.7 Å². The maximum absolute atomic E-state index is 12.3. The molecule has 3 atom stereocenters. The Morgan fingerprint density at radius 3 is 2.58 bits per heavy atom. The topological polar surface area (TPSA) is 66.4 Å². The maximum atomic E-state index is 12.3. The van der Waals surface area contributed by atoms with Gasteiger partial charge >= 0.3 is 0 Å². The highest BCUT2D eigenvalue weighted by Gasteiger charge is 2.29. The second-order valence-corrected chi connectivity index (χ2v) is 9.49. The number of nitrogens with one attached hydrogen (secondary N) is 1. The lowest BCUT2D eigenvalue weighted by Gasteiger charge is -2.20. The first-order valence-electron chi connectivity index (χ1n) is 12.3. The average molecular weight is 426 g/mol. The van der Waals surface area contributed by atoms with Crippen molar-refractivity contribution >= 4 is 11.7 Å². The zero-order valence-corrected chi connectivity index (χ0v) is 18.8. The first kappa shape index (κ1) is 23.7. The van der Waals surface area contributed by atoms with E-state index in [1.54, 1.807) is 6.08 Å². The number of amides is 1. The van der Waals surface area contributed by atoms with Gasteiger partial charge in [-0.05, 0) is 74.8 Å². The van der Waals surface area contributed by atoms with Crippen LogP contribution in [0.5, 0.6) is 0 Å². The Kier molecular flexibility index (Phi) is 9.80. The quantitative estimate of drug-likeness (QED) is 0.389. The molecule has 0 aliphatic heterocycles. The molecule has 0 radical (unpaired) electrons. The van der Waals surface area contributed by atoms with Crippen molar-refractivity contribution in [1.29, 1.82) is 0 Å². The molecule has 4 heteroatoms. The van der Waals surface area contributed by atoms with Gasteiger partial charge < -0.3 is 10.4 Å². The van der Waals surface area contributed by atoms with Gasteiger partial charge in [-0.3, -0.25) is 9.59 Å². The minimum absolute atomic E-state index is 0.0863. The largest absolute Gasteiger partial charge is 0.393 e. The molecule has 1 aromatic carbocycles. The van der Waals surface area contributed by atoms with Crippen LogP contribution in [0.25, 0.3) is 0 Å². The van der Waals surface area contributed by atoms with Crippen LogP contribution >= 0.6 is 0 Å². The molecule has 0 unspecified atom stereocenters. The van der Waals surface area contributed by atoms with Gasteiger partial charge in [0, 0.05) is 18.9 Å². The van der Waals surface area contributed by atoms with E-state index >= 15 is 0 Å². The number of rotatable bonds is 15. The summed E-state index contributed by atoms with van der Waals surface area (Å²) in [4.78, 5) is 24.1. The normalized spacial score (nSPS) is 21.4. The number of hydrogen-bond acceptors (Lipinski definition) is 3. The summed E-state index contributed by atoms with van der Waals surface area (Å²) in [6.07, 6.45) is 15.0. The number of benzene rings is 1. The minimum atomic E-state index is -0.309. The van der Waals surface area contributed by atoms with E-state index in [1.807, 2.05) is 18.2 Å². The zero-order valence-electron chi connectivity index (χ0n) is 18.8. The summed E-state index contributed by atoms with van der Waals surface area (Å²) in [6, 6.07) is 10.3. The highest BCUT2D eigenvalue weighted by molar-refractivity contribution is 5.94. The standard InChI is InChI=1S/C27H39NO3/c29-24(17-14-21-8-4-3-5-9-21)18-15-23-16-19-26(30)25(23)10-6-1-2-7-11-27(31)28-20-22-12-13-22/h3-5,8-9,16,19,22-25,29H,1-2,6-7,10-15,17-18,20H2,(H,28,31)/t23-,24-,25+/m0/s1. The molecule has 1 saturated carbocycles. The number of unbranched alkanes of at least 4 members (excludes halogenated alkanes) is 3. The number of aliphatic hydroxyl groups is 1. The summed E-state index contributed by atoms with van der Waals surface area (Å²) in [5.74, 6) is 1.53. The van der Waals surface area contributed by atoms with Crippen LogP contribution in [0, 0.1) is 17.8 Å². The number of aryl methyl sites for hydroxylation is 1. The number of ketones is 1. The van der Waals surface area contributed by atoms with Gasteiger partial charge in [-0.25, -0.2) is 0 Å². The van der Waals surface area contributed by atoms with E-state index in [4.69, 9.17) is 0 Å². The minimum Gasteiger partial charge on any atom is -0.393 e. The van der Waals surface area contributed by atoms with E-state index in [0.29, 0.717) is 6.42 Å². The molecule has 31 heavy (non-hydrogen) atoms. The SMILES string of the molecule is O=C(CCCCCC[C@H]1C(=O)C=C[C@@H]1CC[C@@H](O)CCc1ccccc1)NCC1CC1. The number of aliphatic hydroxyl groups excluding tert-OH is 1. The van der Waals surface area contributed by atoms with E-state index in [-0.39, 0.29) is 29.6 Å². The molecule has 170 valence electrons. The van der Waals surface area contributed by atoms with Crippen molar-refractivity contribution in [3.8, 4) is 0 Å². The van der Waals surface area contributed by atoms with Gasteiger partial charge in [-0.15, -0.1) is 0 Å². The molecule has 1 aromatic rings. The summed E-state index contributed by atoms with van der Waals surface area (Å²) in [5, 5.41) is 13.4. The molecule has 1 amide bonds. The Balaban J connectivity index is 1.25. The van der Waals surface area contributed by atoms with Gasteiger partial charge in [-0.1, -0.05) is 55.7 Å². The molecule has 2 N–H and O–H groups in total. The molecule has 1 fully saturated rings. The lowest BCUT2D eigenvalue weighted by molar-refractivity contribution is -0.121. The molecule has 0 spiro atoms. The third kappa shape index (κ3) is 8.98. The first-order valence-corrected chi connectivity index (χ1v) is 12.3. The van der Waals surface area contributed by atoms with E-state index in [1.165, 1.54) is 18.4 Å². The summed E-state index contributed by atoms with van der Waals surface area (Å²) >= 11 is 0. The molecule has 0 bridgehead atoms. The van der Waals surface area contributed by atoms with Gasteiger partial charge in [0.25, 0.3) is 0 Å². The highest BCUT2D eigenvalue weighted by Crippen LogP contribution is 2.32. The Morgan fingerprint density at radius 1 is 1.03 bits per heavy atom. The Morgan fingerprint density at radius 2 is 1.81 bits per heavy atom. The van der Waals surface area contributed by atoms with Gasteiger partial charge in [0.1, 0.15) is 0 Å². The Labute approximate surface area is 187 Å². The molecular weight excluding hydrogens is 386 g/mol. The van der Waals surface area contributed by atoms with E-state index in [0.717, 1.165) is 70.3 Å². The summed E-state index contributed by atoms with van der Waals surface area (Å²) < 4.78 is 0. The molecular formula is C27H39NO3. The predicted octanol–water partition coefficient (Wildman–Crippen LogP) is 5.00. The third-order valence-corrected chi connectivity index (χ3v) is 6.79. The van der Waals surface area contributed by atoms with Crippen molar-refractivity contribution in [2.75, 3.05) is 6.54 Å². The fourth-order valence-electron chi connectivity index (χ4n) is 4.52. The smallest absolute Gasteiger partial charge is 0.220 e. The van der Waals surface area contributed by atoms with Crippen molar-refractivity contribution in [3.63, 3.8) is 0 Å². The second-order valence-electron chi connectivity index (χ2n) is 9.49. The van der Waals surface area contributed by atoms with Gasteiger partial charge in [-0.2, -0.15) is 0 Å². The number of carbonyl (C=O) groups is 2. The van der Waals surface area contributed by atoms with E-state index < -0.39 is 0 Å². The first-order chi connectivity index (χ1) is 15.1. The van der Waals surface area contributed by atoms with E-state index in [2.05, 4.69) is 23.5 Å². The fourth-order valence-corrected chi connectivity index (χ4v) is 4.52. The molecule has 2 aliphatic rings. The Hall–Kier alpha value is -1.94. The highest BCUT2D eigenvalue weighted by atomic mass is 16.3. The lowest BCUT2D eigenvalue weighted by Crippen LogP contribution is -2.25. The second kappa shape index (κ2) is 12.8. The van der Waals surface area contributed by atoms with E-state index in [9.17, 15) is 14.7 Å². The zero-order chi connectivity index (χ0) is 21.9. The summed E-state index contributed by atoms with van der Waals surface area (Å²) in [7, 11) is 0.